The van der Waals surface area contributed by atoms with Gasteiger partial charge in [0.25, 0.3) is 11.5 Å². The molecule has 2 atom stereocenters. The van der Waals surface area contributed by atoms with Crippen molar-refractivity contribution in [2.24, 2.45) is 7.05 Å². The fourth-order valence-corrected chi connectivity index (χ4v) is 4.93. The zero-order valence-corrected chi connectivity index (χ0v) is 17.9. The summed E-state index contributed by atoms with van der Waals surface area (Å²) in [7, 11) is 1.81. The van der Waals surface area contributed by atoms with Gasteiger partial charge in [0, 0.05) is 32.7 Å². The Bertz CT molecular complexity index is 1080. The lowest BCUT2D eigenvalue weighted by Gasteiger charge is -2.43. The maximum Gasteiger partial charge on any atom is 0.264 e. The summed E-state index contributed by atoms with van der Waals surface area (Å²) < 4.78 is 1.68. The molecule has 0 radical (unpaired) electrons. The number of piperazine rings is 1. The first-order chi connectivity index (χ1) is 14.0. The molecule has 6 nitrogen and oxygen atoms in total. The van der Waals surface area contributed by atoms with Crippen LogP contribution in [0.5, 0.6) is 0 Å². The number of aromatic nitrogens is 2. The van der Waals surface area contributed by atoms with E-state index in [2.05, 4.69) is 18.7 Å². The van der Waals surface area contributed by atoms with Gasteiger partial charge in [0.2, 0.25) is 0 Å². The van der Waals surface area contributed by atoms with E-state index >= 15 is 0 Å². The van der Waals surface area contributed by atoms with Crippen molar-refractivity contribution in [2.45, 2.75) is 32.4 Å². The van der Waals surface area contributed by atoms with Crippen LogP contribution in [0, 0.1) is 0 Å². The lowest BCUT2D eigenvalue weighted by Crippen LogP contribution is -2.55. The summed E-state index contributed by atoms with van der Waals surface area (Å²) in [4.78, 5) is 35.6. The number of fused-ring (bicyclic) bond motifs is 1. The van der Waals surface area contributed by atoms with Crippen molar-refractivity contribution in [1.82, 2.24) is 19.4 Å². The highest BCUT2D eigenvalue weighted by atomic mass is 32.1. The average molecular weight is 411 g/mol. The van der Waals surface area contributed by atoms with Gasteiger partial charge in [0.15, 0.2) is 0 Å². The van der Waals surface area contributed by atoms with Gasteiger partial charge in [-0.3, -0.25) is 19.1 Å². The SMILES string of the molecule is CCC(c1nc2ccccc2c(=O)n1C)N1CCN(C(=O)c2cccs2)C(C)C1. The van der Waals surface area contributed by atoms with Crippen LogP contribution in [0.1, 0.15) is 41.8 Å². The number of hydrogen-bond acceptors (Lipinski definition) is 5. The number of para-hydroxylation sites is 1. The summed E-state index contributed by atoms with van der Waals surface area (Å²) in [5.74, 6) is 0.901. The van der Waals surface area contributed by atoms with Crippen molar-refractivity contribution in [3.8, 4) is 0 Å². The summed E-state index contributed by atoms with van der Waals surface area (Å²) in [5, 5.41) is 2.58. The van der Waals surface area contributed by atoms with Gasteiger partial charge in [0.05, 0.1) is 21.8 Å². The van der Waals surface area contributed by atoms with E-state index in [-0.39, 0.29) is 23.6 Å². The predicted octanol–water partition coefficient (Wildman–Crippen LogP) is 3.29. The summed E-state index contributed by atoms with van der Waals surface area (Å²) >= 11 is 1.49. The molecular weight excluding hydrogens is 384 g/mol. The van der Waals surface area contributed by atoms with Crippen molar-refractivity contribution in [3.63, 3.8) is 0 Å². The molecule has 1 amide bonds. The van der Waals surface area contributed by atoms with Crippen molar-refractivity contribution in [3.05, 3.63) is 62.8 Å². The smallest absolute Gasteiger partial charge is 0.264 e. The molecule has 0 aliphatic carbocycles. The third-order valence-corrected chi connectivity index (χ3v) is 6.65. The van der Waals surface area contributed by atoms with Crippen molar-refractivity contribution in [1.29, 1.82) is 0 Å². The van der Waals surface area contributed by atoms with Crippen LogP contribution in [-0.4, -0.2) is 50.9 Å². The normalized spacial score (nSPS) is 18.9. The van der Waals surface area contributed by atoms with E-state index in [9.17, 15) is 9.59 Å². The Labute approximate surface area is 174 Å². The quantitative estimate of drug-likeness (QED) is 0.662. The van der Waals surface area contributed by atoms with Gasteiger partial charge in [-0.2, -0.15) is 0 Å². The number of rotatable bonds is 4. The van der Waals surface area contributed by atoms with Crippen molar-refractivity contribution >= 4 is 28.1 Å². The second-order valence-corrected chi connectivity index (χ2v) is 8.54. The molecule has 2 aromatic heterocycles. The van der Waals surface area contributed by atoms with Crippen LogP contribution in [0.4, 0.5) is 0 Å². The predicted molar refractivity (Wildman–Crippen MR) is 116 cm³/mol. The first-order valence-corrected chi connectivity index (χ1v) is 10.9. The van der Waals surface area contributed by atoms with E-state index in [4.69, 9.17) is 4.98 Å². The molecule has 152 valence electrons. The van der Waals surface area contributed by atoms with Gasteiger partial charge >= 0.3 is 0 Å². The molecule has 2 unspecified atom stereocenters. The zero-order chi connectivity index (χ0) is 20.5. The van der Waals surface area contributed by atoms with Gasteiger partial charge in [0.1, 0.15) is 5.82 Å². The Morgan fingerprint density at radius 1 is 1.24 bits per heavy atom. The van der Waals surface area contributed by atoms with Crippen molar-refractivity contribution < 1.29 is 4.79 Å². The summed E-state index contributed by atoms with van der Waals surface area (Å²) in [6.07, 6.45) is 0.851. The molecule has 1 aliphatic heterocycles. The lowest BCUT2D eigenvalue weighted by molar-refractivity contribution is 0.0366. The molecule has 29 heavy (non-hydrogen) atoms. The molecule has 0 spiro atoms. The number of carbonyl (C=O) groups excluding carboxylic acids is 1. The van der Waals surface area contributed by atoms with E-state index in [0.717, 1.165) is 35.7 Å². The Morgan fingerprint density at radius 2 is 2.03 bits per heavy atom. The Morgan fingerprint density at radius 3 is 2.72 bits per heavy atom. The third-order valence-electron chi connectivity index (χ3n) is 5.79. The zero-order valence-electron chi connectivity index (χ0n) is 17.0. The molecule has 3 aromatic rings. The summed E-state index contributed by atoms with van der Waals surface area (Å²) in [6, 6.07) is 11.4. The molecule has 0 bridgehead atoms. The standard InChI is InChI=1S/C22H26N4O2S/c1-4-18(20-23-17-9-6-5-8-16(17)21(27)24(20)3)25-11-12-26(15(2)14-25)22(28)19-10-7-13-29-19/h5-10,13,15,18H,4,11-12,14H2,1-3H3. The second-order valence-electron chi connectivity index (χ2n) is 7.60. The van der Waals surface area contributed by atoms with Gasteiger partial charge < -0.3 is 4.90 Å². The minimum atomic E-state index is -0.0105. The fourth-order valence-electron chi connectivity index (χ4n) is 4.25. The summed E-state index contributed by atoms with van der Waals surface area (Å²) in [5.41, 5.74) is 0.729. The molecule has 0 N–H and O–H groups in total. The second kappa shape index (κ2) is 8.08. The molecule has 1 saturated heterocycles. The minimum absolute atomic E-state index is 0.0105. The molecule has 0 saturated carbocycles. The van der Waals surface area contributed by atoms with Crippen LogP contribution in [0.2, 0.25) is 0 Å². The molecule has 1 fully saturated rings. The maximum absolute atomic E-state index is 12.8. The first kappa shape index (κ1) is 19.8. The summed E-state index contributed by atoms with van der Waals surface area (Å²) in [6.45, 7) is 6.42. The van der Waals surface area contributed by atoms with Gasteiger partial charge in [-0.15, -0.1) is 11.3 Å². The van der Waals surface area contributed by atoms with Crippen LogP contribution >= 0.6 is 11.3 Å². The molecule has 1 aliphatic rings. The molecular formula is C22H26N4O2S. The van der Waals surface area contributed by atoms with Crippen LogP contribution < -0.4 is 5.56 Å². The topological polar surface area (TPSA) is 58.4 Å². The highest BCUT2D eigenvalue weighted by Gasteiger charge is 2.33. The minimum Gasteiger partial charge on any atom is -0.333 e. The number of hydrogen-bond donors (Lipinski definition) is 0. The number of amides is 1. The number of thiophene rings is 1. The van der Waals surface area contributed by atoms with E-state index in [1.54, 1.807) is 11.6 Å². The monoisotopic (exact) mass is 410 g/mol. The lowest BCUT2D eigenvalue weighted by atomic mass is 10.1. The fraction of sp³-hybridized carbons (Fsp3) is 0.409. The van der Waals surface area contributed by atoms with Gasteiger partial charge in [-0.05, 0) is 36.9 Å². The molecule has 7 heteroatoms. The first-order valence-electron chi connectivity index (χ1n) is 10.1. The Hall–Kier alpha value is -2.51. The van der Waals surface area contributed by atoms with E-state index in [0.29, 0.717) is 11.9 Å². The Balaban J connectivity index is 1.60. The van der Waals surface area contributed by atoms with Crippen molar-refractivity contribution in [2.75, 3.05) is 19.6 Å². The number of carbonyl (C=O) groups is 1. The van der Waals surface area contributed by atoms with E-state index in [1.807, 2.05) is 46.7 Å². The average Bonchev–Trinajstić information content (AvgIpc) is 3.27. The molecule has 3 heterocycles. The Kier molecular flexibility index (Phi) is 5.52. The molecule has 4 rings (SSSR count). The van der Waals surface area contributed by atoms with Gasteiger partial charge in [-0.25, -0.2) is 4.98 Å². The van der Waals surface area contributed by atoms with Crippen LogP contribution in [0.15, 0.2) is 46.6 Å². The van der Waals surface area contributed by atoms with Gasteiger partial charge in [-0.1, -0.05) is 25.1 Å². The largest absolute Gasteiger partial charge is 0.333 e. The highest BCUT2D eigenvalue weighted by molar-refractivity contribution is 7.12. The van der Waals surface area contributed by atoms with Crippen LogP contribution in [-0.2, 0) is 7.05 Å². The maximum atomic E-state index is 12.8. The number of nitrogens with zero attached hydrogens (tertiary/aromatic N) is 4. The van der Waals surface area contributed by atoms with Crippen LogP contribution in [0.25, 0.3) is 10.9 Å². The third kappa shape index (κ3) is 3.60. The highest BCUT2D eigenvalue weighted by Crippen LogP contribution is 2.27. The number of benzene rings is 1. The van der Waals surface area contributed by atoms with E-state index < -0.39 is 0 Å². The molecule has 1 aromatic carbocycles. The van der Waals surface area contributed by atoms with Crippen LogP contribution in [0.3, 0.4) is 0 Å². The van der Waals surface area contributed by atoms with E-state index in [1.165, 1.54) is 11.3 Å².